The molecule has 0 bridgehead atoms. The van der Waals surface area contributed by atoms with E-state index in [-0.39, 0.29) is 17.2 Å². The van der Waals surface area contributed by atoms with Crippen LogP contribution in [0.3, 0.4) is 0 Å². The third kappa shape index (κ3) is 4.38. The van der Waals surface area contributed by atoms with Gasteiger partial charge in [-0.1, -0.05) is 30.0 Å². The Morgan fingerprint density at radius 2 is 2.00 bits per heavy atom. The number of carbonyl (C=O) groups excluding carboxylic acids is 1. The molecule has 0 saturated heterocycles. The van der Waals surface area contributed by atoms with E-state index in [1.54, 1.807) is 16.4 Å². The summed E-state index contributed by atoms with van der Waals surface area (Å²) in [4.78, 5) is 30.1. The van der Waals surface area contributed by atoms with Crippen molar-refractivity contribution in [2.24, 2.45) is 7.05 Å². The van der Waals surface area contributed by atoms with Gasteiger partial charge in [-0.15, -0.1) is 11.3 Å². The Morgan fingerprint density at radius 1 is 1.23 bits per heavy atom. The number of ether oxygens (including phenoxy) is 1. The van der Waals surface area contributed by atoms with Gasteiger partial charge in [0.05, 0.1) is 34.0 Å². The largest absolute Gasteiger partial charge is 0.494 e. The van der Waals surface area contributed by atoms with Crippen LogP contribution in [-0.2, 0) is 11.8 Å². The van der Waals surface area contributed by atoms with Crippen LogP contribution < -0.4 is 15.6 Å². The van der Waals surface area contributed by atoms with Crippen molar-refractivity contribution in [3.63, 3.8) is 0 Å². The Balaban J connectivity index is 1.47. The summed E-state index contributed by atoms with van der Waals surface area (Å²) in [5.74, 6) is 0.726. The van der Waals surface area contributed by atoms with Crippen LogP contribution in [0.5, 0.6) is 5.75 Å². The number of para-hydroxylation sites is 1. The molecule has 0 atom stereocenters. The molecule has 7 nitrogen and oxygen atoms in total. The predicted molar refractivity (Wildman–Crippen MR) is 126 cm³/mol. The van der Waals surface area contributed by atoms with E-state index >= 15 is 0 Å². The van der Waals surface area contributed by atoms with Crippen molar-refractivity contribution in [3.05, 3.63) is 64.6 Å². The number of nitrogens with one attached hydrogen (secondary N) is 1. The molecule has 2 heterocycles. The van der Waals surface area contributed by atoms with E-state index < -0.39 is 0 Å². The van der Waals surface area contributed by atoms with Gasteiger partial charge in [-0.25, -0.2) is 9.67 Å². The monoisotopic (exact) mass is 454 g/mol. The van der Waals surface area contributed by atoms with Crippen LogP contribution in [-0.4, -0.2) is 32.6 Å². The molecule has 4 rings (SSSR count). The lowest BCUT2D eigenvalue weighted by molar-refractivity contribution is -0.113. The molecule has 31 heavy (non-hydrogen) atoms. The van der Waals surface area contributed by atoms with Gasteiger partial charge in [-0.2, -0.15) is 0 Å². The maximum absolute atomic E-state index is 12.9. The minimum absolute atomic E-state index is 0.164. The van der Waals surface area contributed by atoms with Gasteiger partial charge in [-0.05, 0) is 44.2 Å². The first-order valence-electron chi connectivity index (χ1n) is 9.78. The number of carbonyl (C=O) groups is 1. The number of hydrogen-bond acceptors (Lipinski definition) is 6. The van der Waals surface area contributed by atoms with Crippen molar-refractivity contribution < 1.29 is 9.53 Å². The molecule has 2 aromatic heterocycles. The summed E-state index contributed by atoms with van der Waals surface area (Å²) in [6.45, 7) is 4.36. The van der Waals surface area contributed by atoms with Crippen LogP contribution in [0.25, 0.3) is 15.9 Å². The number of aromatic nitrogens is 3. The smallest absolute Gasteiger partial charge is 0.295 e. The zero-order valence-electron chi connectivity index (χ0n) is 17.4. The van der Waals surface area contributed by atoms with Crippen LogP contribution in [0.2, 0.25) is 0 Å². The lowest BCUT2D eigenvalue weighted by Crippen LogP contribution is -2.23. The van der Waals surface area contributed by atoms with Crippen LogP contribution >= 0.6 is 23.1 Å². The normalized spacial score (nSPS) is 11.1. The third-order valence-electron chi connectivity index (χ3n) is 4.80. The maximum Gasteiger partial charge on any atom is 0.295 e. The number of thioether (sulfide) groups is 1. The second kappa shape index (κ2) is 8.99. The number of hydrogen-bond donors (Lipinski definition) is 1. The summed E-state index contributed by atoms with van der Waals surface area (Å²) in [6, 6.07) is 15.1. The highest BCUT2D eigenvalue weighted by Crippen LogP contribution is 2.32. The van der Waals surface area contributed by atoms with E-state index in [4.69, 9.17) is 4.74 Å². The molecule has 0 aliphatic carbocycles. The first-order chi connectivity index (χ1) is 15.0. The van der Waals surface area contributed by atoms with E-state index in [0.29, 0.717) is 18.0 Å². The Hall–Kier alpha value is -3.04. The molecule has 0 aliphatic heterocycles. The van der Waals surface area contributed by atoms with Crippen molar-refractivity contribution in [1.29, 1.82) is 0 Å². The zero-order chi connectivity index (χ0) is 22.0. The van der Waals surface area contributed by atoms with Gasteiger partial charge in [0.1, 0.15) is 11.4 Å². The molecule has 160 valence electrons. The Morgan fingerprint density at radius 3 is 2.74 bits per heavy atom. The second-order valence-corrected chi connectivity index (χ2v) is 9.07. The number of nitrogens with zero attached hydrogens (tertiary/aromatic N) is 3. The quantitative estimate of drug-likeness (QED) is 0.423. The molecule has 2 aromatic carbocycles. The van der Waals surface area contributed by atoms with E-state index in [1.165, 1.54) is 23.1 Å². The fourth-order valence-electron chi connectivity index (χ4n) is 3.22. The Labute approximate surface area is 187 Å². The van der Waals surface area contributed by atoms with Crippen LogP contribution in [0.15, 0.2) is 57.7 Å². The summed E-state index contributed by atoms with van der Waals surface area (Å²) >= 11 is 2.87. The number of rotatable bonds is 7. The molecule has 4 aromatic rings. The Kier molecular flexibility index (Phi) is 6.15. The summed E-state index contributed by atoms with van der Waals surface area (Å²) in [6.07, 6.45) is 0. The standard InChI is InChI=1S/C22H22N4O3S2/c1-4-29-16-10-11-17-18(12-16)31-22(23-17)30-13-19(27)24-20-14(2)25(3)26(21(20)28)15-8-6-5-7-9-15/h5-12H,4,13H2,1-3H3,(H,24,27). The highest BCUT2D eigenvalue weighted by molar-refractivity contribution is 8.01. The van der Waals surface area contributed by atoms with E-state index in [1.807, 2.05) is 62.4 Å². The van der Waals surface area contributed by atoms with Gasteiger partial charge in [0, 0.05) is 7.05 Å². The highest BCUT2D eigenvalue weighted by Gasteiger charge is 2.18. The lowest BCUT2D eigenvalue weighted by atomic mass is 10.3. The fourth-order valence-corrected chi connectivity index (χ4v) is 5.11. The summed E-state index contributed by atoms with van der Waals surface area (Å²) in [5, 5.41) is 2.78. The lowest BCUT2D eigenvalue weighted by Gasteiger charge is -2.07. The number of anilines is 1. The maximum atomic E-state index is 12.9. The number of thiazole rings is 1. The fraction of sp³-hybridized carbons (Fsp3) is 0.227. The third-order valence-corrected chi connectivity index (χ3v) is 6.96. The minimum Gasteiger partial charge on any atom is -0.494 e. The highest BCUT2D eigenvalue weighted by atomic mass is 32.2. The molecule has 0 fully saturated rings. The number of fused-ring (bicyclic) bond motifs is 1. The molecular weight excluding hydrogens is 432 g/mol. The van der Waals surface area contributed by atoms with Gasteiger partial charge < -0.3 is 10.1 Å². The Bertz CT molecular complexity index is 1290. The molecule has 0 aliphatic rings. The van der Waals surface area contributed by atoms with Crippen molar-refractivity contribution in [1.82, 2.24) is 14.3 Å². The van der Waals surface area contributed by atoms with Gasteiger partial charge in [-0.3, -0.25) is 14.3 Å². The molecule has 1 N–H and O–H groups in total. The van der Waals surface area contributed by atoms with E-state index in [0.717, 1.165) is 26.0 Å². The van der Waals surface area contributed by atoms with Crippen molar-refractivity contribution in [2.75, 3.05) is 17.7 Å². The van der Waals surface area contributed by atoms with Crippen LogP contribution in [0, 0.1) is 6.92 Å². The molecule has 0 spiro atoms. The van der Waals surface area contributed by atoms with E-state index in [2.05, 4.69) is 10.3 Å². The summed E-state index contributed by atoms with van der Waals surface area (Å²) in [7, 11) is 1.80. The first-order valence-corrected chi connectivity index (χ1v) is 11.6. The first kappa shape index (κ1) is 21.2. The molecule has 0 saturated carbocycles. The van der Waals surface area contributed by atoms with E-state index in [9.17, 15) is 9.59 Å². The average molecular weight is 455 g/mol. The van der Waals surface area contributed by atoms with Gasteiger partial charge in [0.2, 0.25) is 5.91 Å². The number of benzene rings is 2. The molecule has 1 amide bonds. The molecular formula is C22H22N4O3S2. The van der Waals surface area contributed by atoms with Gasteiger partial charge >= 0.3 is 0 Å². The van der Waals surface area contributed by atoms with Crippen LogP contribution in [0.4, 0.5) is 5.69 Å². The molecule has 0 unspecified atom stereocenters. The molecule has 9 heteroatoms. The van der Waals surface area contributed by atoms with Gasteiger partial charge in [0.15, 0.2) is 4.34 Å². The van der Waals surface area contributed by atoms with Crippen LogP contribution in [0.1, 0.15) is 12.6 Å². The van der Waals surface area contributed by atoms with Crippen molar-refractivity contribution >= 4 is 44.9 Å². The average Bonchev–Trinajstić information content (AvgIpc) is 3.27. The summed E-state index contributed by atoms with van der Waals surface area (Å²) < 4.78 is 10.6. The van der Waals surface area contributed by atoms with Crippen molar-refractivity contribution in [3.8, 4) is 11.4 Å². The topological polar surface area (TPSA) is 78.2 Å². The molecule has 0 radical (unpaired) electrons. The van der Waals surface area contributed by atoms with Gasteiger partial charge in [0.25, 0.3) is 5.56 Å². The SMILES string of the molecule is CCOc1ccc2nc(SCC(=O)Nc3c(C)n(C)n(-c4ccccc4)c3=O)sc2c1. The van der Waals surface area contributed by atoms with Crippen molar-refractivity contribution in [2.45, 2.75) is 18.2 Å². The predicted octanol–water partition coefficient (Wildman–Crippen LogP) is 4.22. The second-order valence-electron chi connectivity index (χ2n) is 6.82. The number of amides is 1. The summed E-state index contributed by atoms with van der Waals surface area (Å²) in [5.41, 5.74) is 2.35. The zero-order valence-corrected chi connectivity index (χ0v) is 19.0. The minimum atomic E-state index is -0.256.